The maximum atomic E-state index is 10.7. The molecule has 14 heavy (non-hydrogen) atoms. The van der Waals surface area contributed by atoms with Gasteiger partial charge in [0, 0.05) is 0 Å². The van der Waals surface area contributed by atoms with Gasteiger partial charge in [-0.15, -0.1) is 12.4 Å². The van der Waals surface area contributed by atoms with Crippen LogP contribution in [-0.2, 0) is 0 Å². The highest BCUT2D eigenvalue weighted by molar-refractivity contribution is 6.68. The number of rotatable bonds is 1. The number of carboxylic acid groups (broad SMARTS) is 1. The number of para-hydroxylation sites is 1. The maximum absolute atomic E-state index is 10.7. The van der Waals surface area contributed by atoms with Gasteiger partial charge in [-0.1, -0.05) is 18.2 Å². The smallest absolute Gasteiger partial charge is 0.419 e. The van der Waals surface area contributed by atoms with E-state index >= 15 is 0 Å². The molecule has 0 aliphatic carbocycles. The van der Waals surface area contributed by atoms with Crippen LogP contribution in [0.2, 0.25) is 0 Å². The number of benzene rings is 1. The van der Waals surface area contributed by atoms with Gasteiger partial charge in [0.1, 0.15) is 0 Å². The first-order valence-electron chi connectivity index (χ1n) is 3.40. The molecule has 4 nitrogen and oxygen atoms in total. The van der Waals surface area contributed by atoms with Gasteiger partial charge in [-0.2, -0.15) is 0 Å². The van der Waals surface area contributed by atoms with Crippen LogP contribution in [0.25, 0.3) is 0 Å². The van der Waals surface area contributed by atoms with E-state index in [0.717, 1.165) is 0 Å². The Morgan fingerprint density at radius 1 is 1.21 bits per heavy atom. The number of halogens is 2. The second kappa shape index (κ2) is 5.47. The van der Waals surface area contributed by atoms with Gasteiger partial charge in [-0.3, -0.25) is 4.79 Å². The van der Waals surface area contributed by atoms with Crippen LogP contribution in [0.4, 0.5) is 15.3 Å². The number of imide groups is 1. The molecular weight excluding hydrogens is 229 g/mol. The van der Waals surface area contributed by atoms with Crippen molar-refractivity contribution in [3.8, 4) is 0 Å². The number of hydrogen-bond acceptors (Lipinski definition) is 2. The lowest BCUT2D eigenvalue weighted by Gasteiger charge is -2.12. The average Bonchev–Trinajstić information content (AvgIpc) is 2.04. The SMILES string of the molecule is Cl.O=C(O)N(C(=O)Cl)c1ccccc1. The number of carbonyl (C=O) groups is 2. The van der Waals surface area contributed by atoms with Gasteiger partial charge >= 0.3 is 11.5 Å². The maximum Gasteiger partial charge on any atom is 0.419 e. The van der Waals surface area contributed by atoms with E-state index in [1.54, 1.807) is 18.2 Å². The standard InChI is InChI=1S/C8H6ClNO3.ClH/c9-7(11)10(8(12)13)6-4-2-1-3-5-6;/h1-5H,(H,12,13);1H. The van der Waals surface area contributed by atoms with E-state index in [0.29, 0.717) is 4.90 Å². The molecule has 0 fully saturated rings. The number of anilines is 1. The Kier molecular flexibility index (Phi) is 4.97. The molecule has 6 heteroatoms. The molecule has 1 aromatic rings. The Morgan fingerprint density at radius 2 is 1.71 bits per heavy atom. The number of carbonyl (C=O) groups excluding carboxylic acids is 1. The molecule has 0 bridgehead atoms. The molecule has 76 valence electrons. The summed E-state index contributed by atoms with van der Waals surface area (Å²) >= 11 is 5.08. The fraction of sp³-hybridized carbons (Fsp3) is 0. The zero-order chi connectivity index (χ0) is 9.84. The summed E-state index contributed by atoms with van der Waals surface area (Å²) < 4.78 is 0. The first-order chi connectivity index (χ1) is 6.13. The van der Waals surface area contributed by atoms with E-state index in [1.165, 1.54) is 12.1 Å². The summed E-state index contributed by atoms with van der Waals surface area (Å²) in [5.41, 5.74) is 0.231. The second-order valence-electron chi connectivity index (χ2n) is 2.21. The lowest BCUT2D eigenvalue weighted by atomic mass is 10.3. The summed E-state index contributed by atoms with van der Waals surface area (Å²) in [4.78, 5) is 21.7. The van der Waals surface area contributed by atoms with Crippen molar-refractivity contribution in [3.05, 3.63) is 30.3 Å². The Bertz CT molecular complexity index is 315. The minimum atomic E-state index is -1.40. The number of nitrogens with zero attached hydrogens (tertiary/aromatic N) is 1. The summed E-state index contributed by atoms with van der Waals surface area (Å²) in [6.45, 7) is 0. The van der Waals surface area contributed by atoms with Gasteiger partial charge in [0.25, 0.3) is 0 Å². The molecule has 2 amide bonds. The molecule has 0 saturated carbocycles. The van der Waals surface area contributed by atoms with Gasteiger partial charge in [-0.05, 0) is 23.7 Å². The Labute approximate surface area is 91.5 Å². The molecule has 0 spiro atoms. The van der Waals surface area contributed by atoms with Gasteiger partial charge < -0.3 is 5.11 Å². The first-order valence-corrected chi connectivity index (χ1v) is 3.78. The molecule has 0 aliphatic rings. The van der Waals surface area contributed by atoms with Crippen LogP contribution in [0.3, 0.4) is 0 Å². The number of hydrogen-bond donors (Lipinski definition) is 1. The molecule has 0 heterocycles. The van der Waals surface area contributed by atoms with Crippen LogP contribution >= 0.6 is 24.0 Å². The molecule has 0 aromatic heterocycles. The van der Waals surface area contributed by atoms with Crippen molar-refractivity contribution < 1.29 is 14.7 Å². The van der Waals surface area contributed by atoms with Crippen molar-refractivity contribution in [2.24, 2.45) is 0 Å². The largest absolute Gasteiger partial charge is 0.464 e. The molecular formula is C8H7Cl2NO3. The van der Waals surface area contributed by atoms with Crippen molar-refractivity contribution in [3.63, 3.8) is 0 Å². The van der Waals surface area contributed by atoms with Crippen LogP contribution in [0, 0.1) is 0 Å². The van der Waals surface area contributed by atoms with E-state index in [9.17, 15) is 9.59 Å². The molecule has 1 N–H and O–H groups in total. The summed E-state index contributed by atoms with van der Waals surface area (Å²) in [6.07, 6.45) is -1.40. The lowest BCUT2D eigenvalue weighted by molar-refractivity contribution is 0.202. The van der Waals surface area contributed by atoms with E-state index in [2.05, 4.69) is 0 Å². The molecule has 1 aromatic carbocycles. The number of amides is 2. The molecule has 0 atom stereocenters. The van der Waals surface area contributed by atoms with Gasteiger partial charge in [0.05, 0.1) is 5.69 Å². The van der Waals surface area contributed by atoms with Crippen LogP contribution in [0.5, 0.6) is 0 Å². The molecule has 0 saturated heterocycles. The normalized spacial score (nSPS) is 8.64. The topological polar surface area (TPSA) is 57.6 Å². The third-order valence-corrected chi connectivity index (χ3v) is 1.55. The average molecular weight is 236 g/mol. The van der Waals surface area contributed by atoms with Crippen molar-refractivity contribution in [1.82, 2.24) is 0 Å². The third kappa shape index (κ3) is 2.90. The molecule has 0 radical (unpaired) electrons. The van der Waals surface area contributed by atoms with E-state index in [-0.39, 0.29) is 18.1 Å². The minimum absolute atomic E-state index is 0. The van der Waals surface area contributed by atoms with Crippen molar-refractivity contribution >= 4 is 41.2 Å². The van der Waals surface area contributed by atoms with Crippen LogP contribution in [-0.4, -0.2) is 16.6 Å². The van der Waals surface area contributed by atoms with E-state index in [1.807, 2.05) is 0 Å². The zero-order valence-corrected chi connectivity index (χ0v) is 8.46. The van der Waals surface area contributed by atoms with Gasteiger partial charge in [0.15, 0.2) is 0 Å². The third-order valence-electron chi connectivity index (χ3n) is 1.38. The van der Waals surface area contributed by atoms with Crippen molar-refractivity contribution in [2.75, 3.05) is 4.90 Å². The minimum Gasteiger partial charge on any atom is -0.464 e. The predicted molar refractivity (Wildman–Crippen MR) is 55.4 cm³/mol. The summed E-state index contributed by atoms with van der Waals surface area (Å²) in [5.74, 6) is 0. The fourth-order valence-electron chi connectivity index (χ4n) is 0.864. The Morgan fingerprint density at radius 3 is 2.07 bits per heavy atom. The summed E-state index contributed by atoms with van der Waals surface area (Å²) in [5, 5.41) is 7.57. The zero-order valence-electron chi connectivity index (χ0n) is 6.88. The first kappa shape index (κ1) is 12.7. The van der Waals surface area contributed by atoms with Crippen LogP contribution in [0.1, 0.15) is 0 Å². The second-order valence-corrected chi connectivity index (χ2v) is 2.53. The van der Waals surface area contributed by atoms with Crippen molar-refractivity contribution in [2.45, 2.75) is 0 Å². The van der Waals surface area contributed by atoms with Crippen LogP contribution in [0.15, 0.2) is 30.3 Å². The molecule has 1 rings (SSSR count). The van der Waals surface area contributed by atoms with Crippen molar-refractivity contribution in [1.29, 1.82) is 0 Å². The summed E-state index contributed by atoms with van der Waals surface area (Å²) in [7, 11) is 0. The quantitative estimate of drug-likeness (QED) is 0.602. The molecule has 0 unspecified atom stereocenters. The van der Waals surface area contributed by atoms with E-state index < -0.39 is 11.5 Å². The lowest BCUT2D eigenvalue weighted by Crippen LogP contribution is -2.31. The highest BCUT2D eigenvalue weighted by Crippen LogP contribution is 2.15. The van der Waals surface area contributed by atoms with E-state index in [4.69, 9.17) is 16.7 Å². The highest BCUT2D eigenvalue weighted by Gasteiger charge is 2.19. The summed E-state index contributed by atoms with van der Waals surface area (Å²) in [6, 6.07) is 7.90. The van der Waals surface area contributed by atoms with Crippen LogP contribution < -0.4 is 4.90 Å². The monoisotopic (exact) mass is 235 g/mol. The Balaban J connectivity index is 0.00000169. The Hall–Kier alpha value is -1.26. The van der Waals surface area contributed by atoms with Gasteiger partial charge in [-0.25, -0.2) is 9.69 Å². The fourth-order valence-corrected chi connectivity index (χ4v) is 1.03. The predicted octanol–water partition coefficient (Wildman–Crippen LogP) is 2.95. The molecule has 0 aliphatic heterocycles. The van der Waals surface area contributed by atoms with Gasteiger partial charge in [0.2, 0.25) is 0 Å². The highest BCUT2D eigenvalue weighted by atomic mass is 35.5.